The lowest BCUT2D eigenvalue weighted by Crippen LogP contribution is -2.44. The van der Waals surface area contributed by atoms with Crippen LogP contribution in [0.4, 0.5) is 0 Å². The van der Waals surface area contributed by atoms with E-state index in [1.165, 1.54) is 4.90 Å². The number of piperidine rings is 1. The first-order valence-corrected chi connectivity index (χ1v) is 8.38. The first kappa shape index (κ1) is 14.4. The summed E-state index contributed by atoms with van der Waals surface area (Å²) >= 11 is 1.80. The fourth-order valence-corrected chi connectivity index (χ4v) is 4.32. The molecular weight excluding hydrogens is 286 g/mol. The van der Waals surface area contributed by atoms with Gasteiger partial charge in [0.2, 0.25) is 5.91 Å². The number of carbonyl (C=O) groups is 2. The molecule has 2 aliphatic rings. The Kier molecular flexibility index (Phi) is 4.19. The van der Waals surface area contributed by atoms with Crippen LogP contribution in [0.5, 0.6) is 0 Å². The third kappa shape index (κ3) is 2.93. The summed E-state index contributed by atoms with van der Waals surface area (Å²) in [7, 11) is 0. The van der Waals surface area contributed by atoms with Gasteiger partial charge in [0, 0.05) is 18.0 Å². The molecule has 1 saturated heterocycles. The zero-order chi connectivity index (χ0) is 14.8. The van der Waals surface area contributed by atoms with Crippen LogP contribution in [0.2, 0.25) is 0 Å². The highest BCUT2D eigenvalue weighted by Gasteiger charge is 2.34. The van der Waals surface area contributed by atoms with Crippen LogP contribution in [0.25, 0.3) is 0 Å². The summed E-state index contributed by atoms with van der Waals surface area (Å²) in [5.41, 5.74) is 1.11. The molecule has 0 bridgehead atoms. The van der Waals surface area contributed by atoms with Crippen molar-refractivity contribution < 1.29 is 14.7 Å². The van der Waals surface area contributed by atoms with Gasteiger partial charge in [-0.15, -0.1) is 11.8 Å². The molecule has 5 heteroatoms. The van der Waals surface area contributed by atoms with Gasteiger partial charge in [-0.3, -0.25) is 9.59 Å². The SMILES string of the molecule is O=C(O)C1CCCN(C(=O)C2CCSc3ccccc32)C1. The first-order chi connectivity index (χ1) is 10.2. The van der Waals surface area contributed by atoms with E-state index in [0.717, 1.165) is 24.2 Å². The highest BCUT2D eigenvalue weighted by molar-refractivity contribution is 7.99. The second-order valence-corrected chi connectivity index (χ2v) is 6.83. The quantitative estimate of drug-likeness (QED) is 0.912. The maximum Gasteiger partial charge on any atom is 0.308 e. The fourth-order valence-electron chi connectivity index (χ4n) is 3.20. The standard InChI is InChI=1S/C16H19NO3S/c18-15(17-8-3-4-11(10-17)16(19)20)13-7-9-21-14-6-2-1-5-12(13)14/h1-2,5-6,11,13H,3-4,7-10H2,(H,19,20). The van der Waals surface area contributed by atoms with Crippen LogP contribution >= 0.6 is 11.8 Å². The molecule has 1 N–H and O–H groups in total. The number of rotatable bonds is 2. The highest BCUT2D eigenvalue weighted by atomic mass is 32.2. The zero-order valence-electron chi connectivity index (χ0n) is 11.8. The third-order valence-electron chi connectivity index (χ3n) is 4.34. The minimum absolute atomic E-state index is 0.102. The molecule has 2 aliphatic heterocycles. The van der Waals surface area contributed by atoms with Crippen LogP contribution in [0.3, 0.4) is 0 Å². The zero-order valence-corrected chi connectivity index (χ0v) is 12.6. The summed E-state index contributed by atoms with van der Waals surface area (Å²) in [6, 6.07) is 8.07. The van der Waals surface area contributed by atoms with Crippen molar-refractivity contribution in [2.75, 3.05) is 18.8 Å². The average molecular weight is 305 g/mol. The molecule has 21 heavy (non-hydrogen) atoms. The second-order valence-electron chi connectivity index (χ2n) is 5.69. The molecule has 2 unspecified atom stereocenters. The summed E-state index contributed by atoms with van der Waals surface area (Å²) in [5, 5.41) is 9.16. The number of nitrogens with zero attached hydrogens (tertiary/aromatic N) is 1. The number of hydrogen-bond acceptors (Lipinski definition) is 3. The van der Waals surface area contributed by atoms with E-state index in [4.69, 9.17) is 5.11 Å². The molecule has 112 valence electrons. The largest absolute Gasteiger partial charge is 0.481 e. The summed E-state index contributed by atoms with van der Waals surface area (Å²) in [6.07, 6.45) is 2.30. The Morgan fingerprint density at radius 3 is 2.86 bits per heavy atom. The minimum Gasteiger partial charge on any atom is -0.481 e. The molecule has 4 nitrogen and oxygen atoms in total. The van der Waals surface area contributed by atoms with Crippen LogP contribution in [0, 0.1) is 5.92 Å². The smallest absolute Gasteiger partial charge is 0.308 e. The Hall–Kier alpha value is -1.49. The summed E-state index contributed by atoms with van der Waals surface area (Å²) in [5.74, 6) is -0.240. The van der Waals surface area contributed by atoms with E-state index in [1.54, 1.807) is 16.7 Å². The van der Waals surface area contributed by atoms with Gasteiger partial charge < -0.3 is 10.0 Å². The molecule has 0 aromatic heterocycles. The first-order valence-electron chi connectivity index (χ1n) is 7.40. The molecule has 2 heterocycles. The number of carbonyl (C=O) groups excluding carboxylic acids is 1. The van der Waals surface area contributed by atoms with Gasteiger partial charge >= 0.3 is 5.97 Å². The number of benzene rings is 1. The minimum atomic E-state index is -0.785. The number of carboxylic acids is 1. The monoisotopic (exact) mass is 305 g/mol. The Labute approximate surface area is 128 Å². The van der Waals surface area contributed by atoms with Crippen LogP contribution in [-0.2, 0) is 9.59 Å². The van der Waals surface area contributed by atoms with Crippen molar-refractivity contribution in [1.29, 1.82) is 0 Å². The predicted octanol–water partition coefficient (Wildman–Crippen LogP) is 2.59. The number of fused-ring (bicyclic) bond motifs is 1. The van der Waals surface area contributed by atoms with Crippen molar-refractivity contribution in [1.82, 2.24) is 4.90 Å². The van der Waals surface area contributed by atoms with E-state index in [9.17, 15) is 9.59 Å². The van der Waals surface area contributed by atoms with Crippen LogP contribution < -0.4 is 0 Å². The molecule has 0 spiro atoms. The lowest BCUT2D eigenvalue weighted by Gasteiger charge is -2.35. The number of likely N-dealkylation sites (tertiary alicyclic amines) is 1. The summed E-state index contributed by atoms with van der Waals surface area (Å²) < 4.78 is 0. The van der Waals surface area contributed by atoms with Crippen LogP contribution in [0.1, 0.15) is 30.7 Å². The summed E-state index contributed by atoms with van der Waals surface area (Å²) in [4.78, 5) is 26.9. The van der Waals surface area contributed by atoms with Gasteiger partial charge in [-0.1, -0.05) is 18.2 Å². The molecule has 0 radical (unpaired) electrons. The topological polar surface area (TPSA) is 57.6 Å². The van der Waals surface area contributed by atoms with E-state index in [0.29, 0.717) is 19.5 Å². The van der Waals surface area contributed by atoms with Gasteiger partial charge in [0.1, 0.15) is 0 Å². The van der Waals surface area contributed by atoms with Gasteiger partial charge in [0.25, 0.3) is 0 Å². The lowest BCUT2D eigenvalue weighted by atomic mass is 9.91. The molecule has 1 amide bonds. The van der Waals surface area contributed by atoms with Crippen LogP contribution in [0.15, 0.2) is 29.2 Å². The van der Waals surface area contributed by atoms with E-state index < -0.39 is 11.9 Å². The van der Waals surface area contributed by atoms with Gasteiger partial charge in [0.15, 0.2) is 0 Å². The van der Waals surface area contributed by atoms with E-state index in [-0.39, 0.29) is 11.8 Å². The normalized spacial score (nSPS) is 25.2. The predicted molar refractivity (Wildman–Crippen MR) is 81.5 cm³/mol. The Balaban J connectivity index is 1.78. The number of thioether (sulfide) groups is 1. The molecule has 0 aliphatic carbocycles. The molecule has 1 aromatic rings. The number of hydrogen-bond donors (Lipinski definition) is 1. The Morgan fingerprint density at radius 2 is 2.05 bits per heavy atom. The summed E-state index contributed by atoms with van der Waals surface area (Å²) in [6.45, 7) is 1.05. The molecule has 2 atom stereocenters. The molecule has 1 aromatic carbocycles. The van der Waals surface area contributed by atoms with E-state index in [2.05, 4.69) is 6.07 Å². The van der Waals surface area contributed by atoms with Gasteiger partial charge in [-0.05, 0) is 36.6 Å². The maximum atomic E-state index is 12.8. The number of amides is 1. The average Bonchev–Trinajstić information content (AvgIpc) is 2.53. The fraction of sp³-hybridized carbons (Fsp3) is 0.500. The second kappa shape index (κ2) is 6.10. The molecule has 0 saturated carbocycles. The van der Waals surface area contributed by atoms with Crippen LogP contribution in [-0.4, -0.2) is 40.7 Å². The van der Waals surface area contributed by atoms with Crippen molar-refractivity contribution >= 4 is 23.6 Å². The van der Waals surface area contributed by atoms with E-state index >= 15 is 0 Å². The van der Waals surface area contributed by atoms with Crippen molar-refractivity contribution in [2.45, 2.75) is 30.1 Å². The Morgan fingerprint density at radius 1 is 1.24 bits per heavy atom. The van der Waals surface area contributed by atoms with Crippen molar-refractivity contribution in [3.8, 4) is 0 Å². The highest BCUT2D eigenvalue weighted by Crippen LogP contribution is 2.38. The third-order valence-corrected chi connectivity index (χ3v) is 5.46. The molecule has 1 fully saturated rings. The van der Waals surface area contributed by atoms with Crippen molar-refractivity contribution in [2.24, 2.45) is 5.92 Å². The van der Waals surface area contributed by atoms with Gasteiger partial charge in [-0.2, -0.15) is 0 Å². The lowest BCUT2D eigenvalue weighted by molar-refractivity contribution is -0.146. The number of aliphatic carboxylic acids is 1. The Bertz CT molecular complexity index is 560. The molecular formula is C16H19NO3S. The van der Waals surface area contributed by atoms with Gasteiger partial charge in [0.05, 0.1) is 11.8 Å². The van der Waals surface area contributed by atoms with Crippen molar-refractivity contribution in [3.05, 3.63) is 29.8 Å². The van der Waals surface area contributed by atoms with E-state index in [1.807, 2.05) is 18.2 Å². The van der Waals surface area contributed by atoms with Crippen molar-refractivity contribution in [3.63, 3.8) is 0 Å². The number of carboxylic acid groups (broad SMARTS) is 1. The molecule has 3 rings (SSSR count). The maximum absolute atomic E-state index is 12.8. The van der Waals surface area contributed by atoms with Gasteiger partial charge in [-0.25, -0.2) is 0 Å².